The molecular weight excluding hydrogens is 276 g/mol. The van der Waals surface area contributed by atoms with E-state index in [4.69, 9.17) is 0 Å². The summed E-state index contributed by atoms with van der Waals surface area (Å²) in [6, 6.07) is 12.6. The summed E-state index contributed by atoms with van der Waals surface area (Å²) in [5.74, 6) is 2.41. The monoisotopic (exact) mass is 292 g/mol. The van der Waals surface area contributed by atoms with Gasteiger partial charge in [0.15, 0.2) is 0 Å². The number of hydrogen-bond donors (Lipinski definition) is 0. The molecule has 1 aromatic heterocycles. The second-order valence-corrected chi connectivity index (χ2v) is 6.71. The van der Waals surface area contributed by atoms with Crippen LogP contribution in [0.1, 0.15) is 12.0 Å². The molecule has 2 aromatic rings. The molecule has 0 fully saturated rings. The van der Waals surface area contributed by atoms with Gasteiger partial charge in [-0.15, -0.1) is 23.5 Å². The topological polar surface area (TPSA) is 0 Å². The molecule has 3 heteroatoms. The number of thiophene rings is 1. The highest BCUT2D eigenvalue weighted by Crippen LogP contribution is 2.22. The zero-order chi connectivity index (χ0) is 12.5. The van der Waals surface area contributed by atoms with Crippen molar-refractivity contribution in [3.05, 3.63) is 58.1 Å². The maximum Gasteiger partial charge on any atom is 0.0179 e. The number of rotatable bonds is 7. The highest BCUT2D eigenvalue weighted by Gasteiger charge is 1.93. The van der Waals surface area contributed by atoms with Gasteiger partial charge >= 0.3 is 0 Å². The third-order valence-electron chi connectivity index (χ3n) is 2.33. The Hall–Kier alpha value is -0.640. The van der Waals surface area contributed by atoms with Crippen LogP contribution in [0.5, 0.6) is 0 Å². The minimum Gasteiger partial charge on any atom is -0.151 e. The Bertz CT molecular complexity index is 446. The molecule has 1 aromatic carbocycles. The zero-order valence-electron chi connectivity index (χ0n) is 10.1. The maximum absolute atomic E-state index is 2.22. The van der Waals surface area contributed by atoms with Gasteiger partial charge in [0.2, 0.25) is 0 Å². The molecule has 0 aliphatic rings. The fourth-order valence-corrected chi connectivity index (χ4v) is 4.04. The summed E-state index contributed by atoms with van der Waals surface area (Å²) in [5, 5.41) is 6.55. The molecule has 2 rings (SSSR count). The van der Waals surface area contributed by atoms with Crippen molar-refractivity contribution in [2.45, 2.75) is 11.3 Å². The maximum atomic E-state index is 2.22. The zero-order valence-corrected chi connectivity index (χ0v) is 12.6. The molecule has 0 nitrogen and oxygen atoms in total. The van der Waals surface area contributed by atoms with Crippen LogP contribution in [0.2, 0.25) is 0 Å². The predicted molar refractivity (Wildman–Crippen MR) is 87.6 cm³/mol. The van der Waals surface area contributed by atoms with Gasteiger partial charge in [-0.3, -0.25) is 0 Å². The Morgan fingerprint density at radius 2 is 1.94 bits per heavy atom. The predicted octanol–water partition coefficient (Wildman–Crippen LogP) is 5.63. The van der Waals surface area contributed by atoms with Crippen LogP contribution in [0, 0.1) is 0 Å². The molecule has 0 aliphatic carbocycles. The van der Waals surface area contributed by atoms with E-state index in [1.54, 1.807) is 11.3 Å². The molecule has 1 heterocycles. The Balaban J connectivity index is 1.55. The summed E-state index contributed by atoms with van der Waals surface area (Å²) in [4.78, 5) is 1.41. The van der Waals surface area contributed by atoms with Crippen molar-refractivity contribution in [2.24, 2.45) is 0 Å². The molecule has 0 spiro atoms. The molecular formula is C15H16S3. The van der Waals surface area contributed by atoms with Gasteiger partial charge in [-0.05, 0) is 46.4 Å². The SMILES string of the molecule is C(=C\c1ccccc1)/SCCCSc1ccsc1. The third-order valence-corrected chi connectivity index (χ3v) is 5.09. The van der Waals surface area contributed by atoms with E-state index in [-0.39, 0.29) is 0 Å². The lowest BCUT2D eigenvalue weighted by Gasteiger charge is -1.97. The Morgan fingerprint density at radius 1 is 1.06 bits per heavy atom. The summed E-state index contributed by atoms with van der Waals surface area (Å²) < 4.78 is 0. The van der Waals surface area contributed by atoms with Crippen LogP contribution in [0.25, 0.3) is 6.08 Å². The van der Waals surface area contributed by atoms with Gasteiger partial charge < -0.3 is 0 Å². The molecule has 0 saturated carbocycles. The first-order valence-electron chi connectivity index (χ1n) is 5.93. The minimum absolute atomic E-state index is 1.19. The summed E-state index contributed by atoms with van der Waals surface area (Å²) >= 11 is 5.62. The lowest BCUT2D eigenvalue weighted by Crippen LogP contribution is -1.81. The Kier molecular flexibility index (Phi) is 6.48. The number of hydrogen-bond acceptors (Lipinski definition) is 3. The van der Waals surface area contributed by atoms with E-state index in [0.717, 1.165) is 0 Å². The largest absolute Gasteiger partial charge is 0.151 e. The molecule has 0 radical (unpaired) electrons. The van der Waals surface area contributed by atoms with Gasteiger partial charge in [-0.1, -0.05) is 30.3 Å². The minimum atomic E-state index is 1.19. The van der Waals surface area contributed by atoms with E-state index in [1.807, 2.05) is 29.6 Å². The average molecular weight is 292 g/mol. The smallest absolute Gasteiger partial charge is 0.0179 e. The molecule has 0 saturated heterocycles. The van der Waals surface area contributed by atoms with Crippen LogP contribution in [0.3, 0.4) is 0 Å². The second-order valence-electron chi connectivity index (χ2n) is 3.75. The van der Waals surface area contributed by atoms with Crippen LogP contribution in [0.4, 0.5) is 0 Å². The second kappa shape index (κ2) is 8.46. The van der Waals surface area contributed by atoms with Crippen LogP contribution in [-0.4, -0.2) is 11.5 Å². The summed E-state index contributed by atoms with van der Waals surface area (Å²) in [7, 11) is 0. The van der Waals surface area contributed by atoms with Crippen molar-refractivity contribution in [1.29, 1.82) is 0 Å². The lowest BCUT2D eigenvalue weighted by molar-refractivity contribution is 1.13. The van der Waals surface area contributed by atoms with Gasteiger partial charge in [0, 0.05) is 10.3 Å². The van der Waals surface area contributed by atoms with Gasteiger partial charge in [0.1, 0.15) is 0 Å². The van der Waals surface area contributed by atoms with E-state index in [1.165, 1.54) is 28.4 Å². The van der Waals surface area contributed by atoms with Crippen molar-refractivity contribution >= 4 is 40.9 Å². The number of thioether (sulfide) groups is 2. The first-order valence-corrected chi connectivity index (χ1v) is 8.91. The lowest BCUT2D eigenvalue weighted by atomic mass is 10.2. The molecule has 0 N–H and O–H groups in total. The standard InChI is InChI=1S/C15H16S3/c1-2-5-14(6-3-1)7-11-16-9-4-10-18-15-8-12-17-13-15/h1-3,5-8,11-13H,4,9-10H2/b11-7+. The first kappa shape index (κ1) is 13.8. The fourth-order valence-electron chi connectivity index (χ4n) is 1.43. The van der Waals surface area contributed by atoms with Crippen LogP contribution in [-0.2, 0) is 0 Å². The molecule has 0 amide bonds. The molecule has 94 valence electrons. The third kappa shape index (κ3) is 5.34. The van der Waals surface area contributed by atoms with E-state index in [0.29, 0.717) is 0 Å². The molecule has 0 atom stereocenters. The van der Waals surface area contributed by atoms with Gasteiger partial charge in [-0.2, -0.15) is 11.3 Å². The van der Waals surface area contributed by atoms with E-state index >= 15 is 0 Å². The molecule has 0 aliphatic heterocycles. The van der Waals surface area contributed by atoms with Gasteiger partial charge in [0.05, 0.1) is 0 Å². The summed E-state index contributed by atoms with van der Waals surface area (Å²) in [6.07, 6.45) is 3.43. The van der Waals surface area contributed by atoms with Crippen molar-refractivity contribution in [2.75, 3.05) is 11.5 Å². The Morgan fingerprint density at radius 3 is 2.72 bits per heavy atom. The van der Waals surface area contributed by atoms with Gasteiger partial charge in [0.25, 0.3) is 0 Å². The molecule has 0 bridgehead atoms. The van der Waals surface area contributed by atoms with Crippen molar-refractivity contribution in [1.82, 2.24) is 0 Å². The van der Waals surface area contributed by atoms with Crippen LogP contribution < -0.4 is 0 Å². The highest BCUT2D eigenvalue weighted by atomic mass is 32.2. The van der Waals surface area contributed by atoms with Crippen molar-refractivity contribution in [3.8, 4) is 0 Å². The quantitative estimate of drug-likeness (QED) is 0.479. The van der Waals surface area contributed by atoms with Crippen LogP contribution >= 0.6 is 34.9 Å². The van der Waals surface area contributed by atoms with E-state index in [9.17, 15) is 0 Å². The average Bonchev–Trinajstić information content (AvgIpc) is 2.92. The molecule has 18 heavy (non-hydrogen) atoms. The van der Waals surface area contributed by atoms with E-state index in [2.05, 4.69) is 52.6 Å². The van der Waals surface area contributed by atoms with Crippen molar-refractivity contribution in [3.63, 3.8) is 0 Å². The highest BCUT2D eigenvalue weighted by molar-refractivity contribution is 8.02. The molecule has 0 unspecified atom stereocenters. The summed E-state index contributed by atoms with van der Waals surface area (Å²) in [5.41, 5.74) is 1.28. The summed E-state index contributed by atoms with van der Waals surface area (Å²) in [6.45, 7) is 0. The van der Waals surface area contributed by atoms with Crippen LogP contribution in [0.15, 0.2) is 57.5 Å². The van der Waals surface area contributed by atoms with Crippen molar-refractivity contribution < 1.29 is 0 Å². The first-order chi connectivity index (χ1) is 8.95. The van der Waals surface area contributed by atoms with E-state index < -0.39 is 0 Å². The Labute approximate surface area is 122 Å². The fraction of sp³-hybridized carbons (Fsp3) is 0.200. The van der Waals surface area contributed by atoms with Gasteiger partial charge in [-0.25, -0.2) is 0 Å². The normalized spacial score (nSPS) is 11.1. The number of benzene rings is 1.